The fourth-order valence-corrected chi connectivity index (χ4v) is 5.00. The molecule has 1 saturated heterocycles. The van der Waals surface area contributed by atoms with Crippen LogP contribution in [0, 0.1) is 0 Å². The Balaban J connectivity index is 1.63. The van der Waals surface area contributed by atoms with Crippen LogP contribution in [0.1, 0.15) is 25.3 Å². The minimum absolute atomic E-state index is 0.0512. The van der Waals surface area contributed by atoms with Crippen molar-refractivity contribution >= 4 is 26.8 Å². The third-order valence-electron chi connectivity index (χ3n) is 4.90. The molecule has 2 aliphatic heterocycles. The summed E-state index contributed by atoms with van der Waals surface area (Å²) < 4.78 is 34.2. The van der Waals surface area contributed by atoms with Gasteiger partial charge in [0.25, 0.3) is 10.0 Å². The monoisotopic (exact) mass is 406 g/mol. The van der Waals surface area contributed by atoms with Crippen molar-refractivity contribution in [3.8, 4) is 0 Å². The van der Waals surface area contributed by atoms with Gasteiger partial charge in [0.2, 0.25) is 0 Å². The van der Waals surface area contributed by atoms with E-state index in [1.165, 1.54) is 0 Å². The summed E-state index contributed by atoms with van der Waals surface area (Å²) in [4.78, 5) is 14.1. The van der Waals surface area contributed by atoms with Crippen molar-refractivity contribution in [2.45, 2.75) is 25.8 Å². The van der Waals surface area contributed by atoms with Crippen LogP contribution in [0.3, 0.4) is 0 Å². The van der Waals surface area contributed by atoms with Gasteiger partial charge in [0.05, 0.1) is 6.61 Å². The lowest BCUT2D eigenvalue weighted by atomic mass is 10.0. The summed E-state index contributed by atoms with van der Waals surface area (Å²) in [6.07, 6.45) is 1.45. The Kier molecular flexibility index (Phi) is 6.35. The van der Waals surface area contributed by atoms with E-state index in [4.69, 9.17) is 4.74 Å². The Morgan fingerprint density at radius 1 is 1.25 bits per heavy atom. The summed E-state index contributed by atoms with van der Waals surface area (Å²) in [6.45, 7) is 4.00. The summed E-state index contributed by atoms with van der Waals surface area (Å²) in [5.41, 5.74) is 1.33. The number of hydrogen-bond donors (Lipinski definition) is 2. The number of piperidine rings is 1. The average Bonchev–Trinajstić information content (AvgIpc) is 2.92. The largest absolute Gasteiger partial charge is 0.383 e. The predicted octanol–water partition coefficient (Wildman–Crippen LogP) is 1.57. The molecule has 0 aliphatic carbocycles. The Bertz CT molecular complexity index is 872. The van der Waals surface area contributed by atoms with Crippen LogP contribution < -0.4 is 10.6 Å². The van der Waals surface area contributed by atoms with Crippen LogP contribution in [-0.4, -0.2) is 64.6 Å². The lowest BCUT2D eigenvalue weighted by Crippen LogP contribution is -2.49. The Morgan fingerprint density at radius 2 is 1.93 bits per heavy atom. The molecule has 0 radical (unpaired) electrons. The molecule has 0 bridgehead atoms. The highest BCUT2D eigenvalue weighted by Gasteiger charge is 2.34. The highest BCUT2D eigenvalue weighted by molar-refractivity contribution is 8.00. The molecule has 0 spiro atoms. The number of rotatable bonds is 5. The minimum atomic E-state index is -3.70. The number of amides is 2. The molecule has 3 rings (SSSR count). The van der Waals surface area contributed by atoms with E-state index in [1.807, 2.05) is 23.1 Å². The number of hydrogen-bond acceptors (Lipinski definition) is 5. The fraction of sp³-hybridized carbons (Fsp3) is 0.474. The predicted molar refractivity (Wildman–Crippen MR) is 108 cm³/mol. The van der Waals surface area contributed by atoms with Crippen molar-refractivity contribution in [3.63, 3.8) is 0 Å². The van der Waals surface area contributed by atoms with E-state index in [1.54, 1.807) is 26.2 Å². The molecule has 0 aromatic heterocycles. The molecule has 152 valence electrons. The molecule has 2 aliphatic rings. The number of methoxy groups -OCH3 is 1. The first-order chi connectivity index (χ1) is 13.4. The quantitative estimate of drug-likeness (QED) is 0.723. The zero-order chi connectivity index (χ0) is 20.1. The van der Waals surface area contributed by atoms with E-state index in [-0.39, 0.29) is 17.0 Å². The maximum absolute atomic E-state index is 12.6. The van der Waals surface area contributed by atoms with Gasteiger partial charge in [-0.2, -0.15) is 8.42 Å². The van der Waals surface area contributed by atoms with Gasteiger partial charge in [-0.15, -0.1) is 4.40 Å². The zero-order valence-corrected chi connectivity index (χ0v) is 17.0. The van der Waals surface area contributed by atoms with Gasteiger partial charge in [-0.05, 0) is 25.3 Å². The zero-order valence-electron chi connectivity index (χ0n) is 16.1. The summed E-state index contributed by atoms with van der Waals surface area (Å²) in [5, 5.41) is 5.69. The molecule has 2 amide bonds. The van der Waals surface area contributed by atoms with Gasteiger partial charge < -0.3 is 20.3 Å². The second-order valence-electron chi connectivity index (χ2n) is 6.86. The number of nitrogens with one attached hydrogen (secondary N) is 2. The van der Waals surface area contributed by atoms with Crippen molar-refractivity contribution in [3.05, 3.63) is 41.5 Å². The molecular weight excluding hydrogens is 380 g/mol. The molecule has 0 atom stereocenters. The number of amidine groups is 1. The van der Waals surface area contributed by atoms with E-state index in [9.17, 15) is 13.2 Å². The Labute approximate surface area is 165 Å². The molecule has 1 aromatic rings. The first kappa shape index (κ1) is 20.3. The van der Waals surface area contributed by atoms with Gasteiger partial charge in [-0.25, -0.2) is 4.79 Å². The van der Waals surface area contributed by atoms with Crippen LogP contribution in [0.15, 0.2) is 40.3 Å². The van der Waals surface area contributed by atoms with E-state index in [0.717, 1.165) is 12.8 Å². The van der Waals surface area contributed by atoms with E-state index in [0.29, 0.717) is 43.2 Å². The molecule has 1 fully saturated rings. The third kappa shape index (κ3) is 4.53. The molecule has 9 heteroatoms. The molecule has 0 saturated carbocycles. The fourth-order valence-electron chi connectivity index (χ4n) is 3.51. The molecule has 2 N–H and O–H groups in total. The number of carbonyl (C=O) groups excluding carboxylic acids is 1. The minimum Gasteiger partial charge on any atom is -0.383 e. The highest BCUT2D eigenvalue weighted by Crippen LogP contribution is 2.34. The second-order valence-corrected chi connectivity index (χ2v) is 8.41. The Hall–Kier alpha value is -2.39. The SMILES string of the molecule is COCCNC(=O)NC1CCN(C2=NS(=O)(=O)C(c3ccccc3)=C2C)CC1. The molecule has 28 heavy (non-hydrogen) atoms. The normalized spacial score (nSPS) is 19.5. The number of benzene rings is 1. The van der Waals surface area contributed by atoms with Crippen LogP contribution in [0.25, 0.3) is 4.91 Å². The topological polar surface area (TPSA) is 100 Å². The smallest absolute Gasteiger partial charge is 0.315 e. The van der Waals surface area contributed by atoms with Crippen molar-refractivity contribution in [2.24, 2.45) is 4.40 Å². The number of urea groups is 1. The van der Waals surface area contributed by atoms with Crippen molar-refractivity contribution in [1.29, 1.82) is 0 Å². The maximum atomic E-state index is 12.6. The third-order valence-corrected chi connectivity index (χ3v) is 6.37. The number of likely N-dealkylation sites (tertiary alicyclic amines) is 1. The van der Waals surface area contributed by atoms with Gasteiger partial charge in [-0.3, -0.25) is 0 Å². The lowest BCUT2D eigenvalue weighted by molar-refractivity contribution is 0.193. The number of ether oxygens (including phenoxy) is 1. The Morgan fingerprint density at radius 3 is 2.57 bits per heavy atom. The van der Waals surface area contributed by atoms with Crippen LogP contribution in [0.2, 0.25) is 0 Å². The summed E-state index contributed by atoms with van der Waals surface area (Å²) in [6, 6.07) is 8.90. The van der Waals surface area contributed by atoms with Crippen molar-refractivity contribution in [2.75, 3.05) is 33.4 Å². The maximum Gasteiger partial charge on any atom is 0.315 e. The molecule has 2 heterocycles. The molecule has 0 unspecified atom stereocenters. The van der Waals surface area contributed by atoms with Gasteiger partial charge in [0.15, 0.2) is 0 Å². The lowest BCUT2D eigenvalue weighted by Gasteiger charge is -2.33. The highest BCUT2D eigenvalue weighted by atomic mass is 32.2. The summed E-state index contributed by atoms with van der Waals surface area (Å²) in [7, 11) is -2.11. The van der Waals surface area contributed by atoms with Crippen molar-refractivity contribution < 1.29 is 17.9 Å². The van der Waals surface area contributed by atoms with Crippen molar-refractivity contribution in [1.82, 2.24) is 15.5 Å². The first-order valence-corrected chi connectivity index (χ1v) is 10.8. The van der Waals surface area contributed by atoms with Crippen LogP contribution in [-0.2, 0) is 14.8 Å². The van der Waals surface area contributed by atoms with Crippen LogP contribution in [0.5, 0.6) is 0 Å². The summed E-state index contributed by atoms with van der Waals surface area (Å²) >= 11 is 0. The van der Waals surface area contributed by atoms with Gasteiger partial charge >= 0.3 is 6.03 Å². The van der Waals surface area contributed by atoms with Gasteiger partial charge in [0, 0.05) is 38.4 Å². The van der Waals surface area contributed by atoms with Crippen LogP contribution >= 0.6 is 0 Å². The standard InChI is InChI=1S/C19H26N4O4S/c1-14-17(15-6-4-3-5-7-15)28(25,26)22-18(14)23-11-8-16(9-12-23)21-19(24)20-10-13-27-2/h3-7,16H,8-13H2,1-2H3,(H2,20,21,24). The van der Waals surface area contributed by atoms with E-state index >= 15 is 0 Å². The van der Waals surface area contributed by atoms with Crippen LogP contribution in [0.4, 0.5) is 4.79 Å². The summed E-state index contributed by atoms with van der Waals surface area (Å²) in [5.74, 6) is 0.516. The molecular formula is C19H26N4O4S. The van der Waals surface area contributed by atoms with Gasteiger partial charge in [-0.1, -0.05) is 30.3 Å². The van der Waals surface area contributed by atoms with Gasteiger partial charge in [0.1, 0.15) is 10.7 Å². The second kappa shape index (κ2) is 8.74. The first-order valence-electron chi connectivity index (χ1n) is 9.32. The number of carbonyl (C=O) groups is 1. The number of sulfonamides is 1. The molecule has 1 aromatic carbocycles. The van der Waals surface area contributed by atoms with E-state index in [2.05, 4.69) is 15.0 Å². The molecule has 8 nitrogen and oxygen atoms in total. The average molecular weight is 407 g/mol. The van der Waals surface area contributed by atoms with E-state index < -0.39 is 10.0 Å². The number of nitrogens with zero attached hydrogens (tertiary/aromatic N) is 2.